The SMILES string of the molecule is COc1ccc(CC(=O)N2CC=C(c3ccccc3)CC2)cc1S(=O)(=O)N1CCOCC1. The molecule has 1 saturated heterocycles. The summed E-state index contributed by atoms with van der Waals surface area (Å²) in [7, 11) is -2.28. The number of morpholine rings is 1. The van der Waals surface area contributed by atoms with Crippen LogP contribution in [0.15, 0.2) is 59.5 Å². The van der Waals surface area contributed by atoms with Gasteiger partial charge in [0.1, 0.15) is 10.6 Å². The molecular weight excluding hydrogens is 428 g/mol. The van der Waals surface area contributed by atoms with Crippen molar-refractivity contribution >= 4 is 21.5 Å². The summed E-state index contributed by atoms with van der Waals surface area (Å²) in [6, 6.07) is 15.1. The molecule has 2 aliphatic rings. The number of rotatable bonds is 6. The van der Waals surface area contributed by atoms with Crippen molar-refractivity contribution in [2.24, 2.45) is 0 Å². The van der Waals surface area contributed by atoms with E-state index in [0.717, 1.165) is 6.42 Å². The van der Waals surface area contributed by atoms with Gasteiger partial charge in [0.05, 0.1) is 26.7 Å². The number of benzene rings is 2. The van der Waals surface area contributed by atoms with Crippen molar-refractivity contribution in [3.05, 3.63) is 65.7 Å². The number of ether oxygens (including phenoxy) is 2. The second-order valence-electron chi connectivity index (χ2n) is 7.86. The Morgan fingerprint density at radius 3 is 2.47 bits per heavy atom. The van der Waals surface area contributed by atoms with Crippen LogP contribution in [-0.4, -0.2) is 70.0 Å². The highest BCUT2D eigenvalue weighted by Gasteiger charge is 2.30. The van der Waals surface area contributed by atoms with Crippen molar-refractivity contribution in [1.29, 1.82) is 0 Å². The maximum Gasteiger partial charge on any atom is 0.246 e. The highest BCUT2D eigenvalue weighted by atomic mass is 32.2. The predicted molar refractivity (Wildman–Crippen MR) is 122 cm³/mol. The zero-order valence-electron chi connectivity index (χ0n) is 18.2. The Morgan fingerprint density at radius 2 is 1.81 bits per heavy atom. The van der Waals surface area contributed by atoms with E-state index in [0.29, 0.717) is 45.0 Å². The highest BCUT2D eigenvalue weighted by molar-refractivity contribution is 7.89. The highest BCUT2D eigenvalue weighted by Crippen LogP contribution is 2.29. The van der Waals surface area contributed by atoms with Crippen LogP contribution < -0.4 is 4.74 Å². The van der Waals surface area contributed by atoms with Crippen molar-refractivity contribution in [3.63, 3.8) is 0 Å². The lowest BCUT2D eigenvalue weighted by atomic mass is 9.99. The van der Waals surface area contributed by atoms with Crippen LogP contribution in [0.2, 0.25) is 0 Å². The van der Waals surface area contributed by atoms with Crippen molar-refractivity contribution in [2.75, 3.05) is 46.5 Å². The van der Waals surface area contributed by atoms with Gasteiger partial charge in [-0.25, -0.2) is 8.42 Å². The minimum atomic E-state index is -3.73. The molecule has 2 aromatic carbocycles. The monoisotopic (exact) mass is 456 g/mol. The topological polar surface area (TPSA) is 76.2 Å². The molecule has 2 aliphatic heterocycles. The average molecular weight is 457 g/mol. The zero-order valence-corrected chi connectivity index (χ0v) is 19.0. The summed E-state index contributed by atoms with van der Waals surface area (Å²) in [5.74, 6) is 0.259. The van der Waals surface area contributed by atoms with E-state index in [2.05, 4.69) is 18.2 Å². The van der Waals surface area contributed by atoms with Crippen LogP contribution in [0.5, 0.6) is 5.75 Å². The third kappa shape index (κ3) is 4.87. The fraction of sp³-hybridized carbons (Fsp3) is 0.375. The van der Waals surface area contributed by atoms with E-state index in [1.54, 1.807) is 18.2 Å². The smallest absolute Gasteiger partial charge is 0.246 e. The summed E-state index contributed by atoms with van der Waals surface area (Å²) >= 11 is 0. The van der Waals surface area contributed by atoms with E-state index in [-0.39, 0.29) is 23.0 Å². The van der Waals surface area contributed by atoms with E-state index in [4.69, 9.17) is 9.47 Å². The number of hydrogen-bond donors (Lipinski definition) is 0. The summed E-state index contributed by atoms with van der Waals surface area (Å²) in [6.45, 7) is 2.55. The van der Waals surface area contributed by atoms with Crippen LogP contribution in [0, 0.1) is 0 Å². The number of methoxy groups -OCH3 is 1. The lowest BCUT2D eigenvalue weighted by Crippen LogP contribution is -2.40. The summed E-state index contributed by atoms with van der Waals surface area (Å²) in [6.07, 6.45) is 3.04. The Labute approximate surface area is 189 Å². The van der Waals surface area contributed by atoms with Crippen LogP contribution in [-0.2, 0) is 26.0 Å². The first-order valence-corrected chi connectivity index (χ1v) is 12.2. The van der Waals surface area contributed by atoms with Crippen molar-refractivity contribution in [3.8, 4) is 5.75 Å². The molecule has 0 bridgehead atoms. The molecule has 2 heterocycles. The van der Waals surface area contributed by atoms with Gasteiger partial charge in [0.2, 0.25) is 15.9 Å². The largest absolute Gasteiger partial charge is 0.495 e. The minimum Gasteiger partial charge on any atom is -0.495 e. The van der Waals surface area contributed by atoms with Crippen LogP contribution >= 0.6 is 0 Å². The van der Waals surface area contributed by atoms with E-state index < -0.39 is 10.0 Å². The Bertz CT molecular complexity index is 1090. The Balaban J connectivity index is 1.48. The molecule has 0 aromatic heterocycles. The molecule has 0 saturated carbocycles. The summed E-state index contributed by atoms with van der Waals surface area (Å²) < 4.78 is 38.3. The van der Waals surface area contributed by atoms with Gasteiger partial charge in [-0.15, -0.1) is 0 Å². The average Bonchev–Trinajstić information content (AvgIpc) is 2.85. The molecule has 0 N–H and O–H groups in total. The molecule has 0 spiro atoms. The van der Waals surface area contributed by atoms with Gasteiger partial charge in [-0.3, -0.25) is 4.79 Å². The molecule has 0 unspecified atom stereocenters. The number of carbonyl (C=O) groups is 1. The number of sulfonamides is 1. The van der Waals surface area contributed by atoms with E-state index in [9.17, 15) is 13.2 Å². The molecule has 32 heavy (non-hydrogen) atoms. The molecule has 1 fully saturated rings. The third-order valence-corrected chi connectivity index (χ3v) is 7.80. The maximum atomic E-state index is 13.2. The van der Waals surface area contributed by atoms with Crippen LogP contribution in [0.3, 0.4) is 0 Å². The molecule has 0 atom stereocenters. The van der Waals surface area contributed by atoms with Gasteiger partial charge in [0.15, 0.2) is 0 Å². The molecular formula is C24H28N2O5S. The van der Waals surface area contributed by atoms with E-state index >= 15 is 0 Å². The van der Waals surface area contributed by atoms with Crippen LogP contribution in [0.1, 0.15) is 17.5 Å². The van der Waals surface area contributed by atoms with Crippen molar-refractivity contribution in [1.82, 2.24) is 9.21 Å². The Kier molecular flexibility index (Phi) is 6.93. The van der Waals surface area contributed by atoms with Gasteiger partial charge in [0, 0.05) is 26.2 Å². The van der Waals surface area contributed by atoms with Gasteiger partial charge < -0.3 is 14.4 Å². The third-order valence-electron chi connectivity index (χ3n) is 5.88. The molecule has 0 aliphatic carbocycles. The first kappa shape index (κ1) is 22.5. The van der Waals surface area contributed by atoms with Gasteiger partial charge >= 0.3 is 0 Å². The number of hydrogen-bond acceptors (Lipinski definition) is 5. The summed E-state index contributed by atoms with van der Waals surface area (Å²) in [5.41, 5.74) is 3.09. The predicted octanol–water partition coefficient (Wildman–Crippen LogP) is 2.57. The second-order valence-corrected chi connectivity index (χ2v) is 9.77. The summed E-state index contributed by atoms with van der Waals surface area (Å²) in [5, 5.41) is 0. The molecule has 170 valence electrons. The maximum absolute atomic E-state index is 13.2. The van der Waals surface area contributed by atoms with E-state index in [1.165, 1.54) is 22.6 Å². The quantitative estimate of drug-likeness (QED) is 0.668. The molecule has 7 nitrogen and oxygen atoms in total. The van der Waals surface area contributed by atoms with Crippen LogP contribution in [0.25, 0.3) is 5.57 Å². The van der Waals surface area contributed by atoms with Gasteiger partial charge in [-0.05, 0) is 35.3 Å². The number of carbonyl (C=O) groups excluding carboxylic acids is 1. The normalized spacial score (nSPS) is 17.7. The zero-order chi connectivity index (χ0) is 22.6. The number of nitrogens with zero attached hydrogens (tertiary/aromatic N) is 2. The first-order chi connectivity index (χ1) is 15.5. The molecule has 8 heteroatoms. The molecule has 0 radical (unpaired) electrons. The van der Waals surface area contributed by atoms with E-state index in [1.807, 2.05) is 23.1 Å². The number of amides is 1. The van der Waals surface area contributed by atoms with Crippen LogP contribution in [0.4, 0.5) is 0 Å². The lowest BCUT2D eigenvalue weighted by molar-refractivity contribution is -0.130. The first-order valence-electron chi connectivity index (χ1n) is 10.8. The van der Waals surface area contributed by atoms with Gasteiger partial charge in [-0.1, -0.05) is 42.5 Å². The molecule has 4 rings (SSSR count). The van der Waals surface area contributed by atoms with Gasteiger partial charge in [0.25, 0.3) is 0 Å². The minimum absolute atomic E-state index is 0.0201. The second kappa shape index (κ2) is 9.85. The van der Waals surface area contributed by atoms with Gasteiger partial charge in [-0.2, -0.15) is 4.31 Å². The lowest BCUT2D eigenvalue weighted by Gasteiger charge is -2.28. The fourth-order valence-corrected chi connectivity index (χ4v) is 5.67. The van der Waals surface area contributed by atoms with Crippen molar-refractivity contribution in [2.45, 2.75) is 17.7 Å². The standard InChI is InChI=1S/C24H28N2O5S/c1-30-22-8-7-19(17-23(22)32(28,29)26-13-15-31-16-14-26)18-24(27)25-11-9-21(10-12-25)20-5-3-2-4-6-20/h2-9,17H,10-16,18H2,1H3. The summed E-state index contributed by atoms with van der Waals surface area (Å²) in [4.78, 5) is 14.8. The molecule has 1 amide bonds. The fourth-order valence-electron chi connectivity index (χ4n) is 4.06. The Hall–Kier alpha value is -2.68. The van der Waals surface area contributed by atoms with Crippen molar-refractivity contribution < 1.29 is 22.7 Å². The Morgan fingerprint density at radius 1 is 1.06 bits per heavy atom. The molecule has 2 aromatic rings.